The SMILES string of the molecule is CCNC(=O)[C@@H]1C[C@@H](NC(=O)c2n[nH]c3ccccc23)CN1C(=O)COC. The van der Waals surface area contributed by atoms with Crippen LogP contribution in [0.3, 0.4) is 0 Å². The van der Waals surface area contributed by atoms with E-state index in [9.17, 15) is 14.4 Å². The molecule has 2 heterocycles. The van der Waals surface area contributed by atoms with Crippen molar-refractivity contribution in [2.24, 2.45) is 0 Å². The van der Waals surface area contributed by atoms with Crippen molar-refractivity contribution in [2.75, 3.05) is 26.8 Å². The summed E-state index contributed by atoms with van der Waals surface area (Å²) in [7, 11) is 1.43. The number of nitrogens with one attached hydrogen (secondary N) is 3. The number of carbonyl (C=O) groups is 3. The van der Waals surface area contributed by atoms with Gasteiger partial charge < -0.3 is 20.3 Å². The molecule has 1 aliphatic heterocycles. The van der Waals surface area contributed by atoms with Crippen molar-refractivity contribution in [3.63, 3.8) is 0 Å². The standard InChI is InChI=1S/C18H23N5O4/c1-3-19-17(25)14-8-11(9-23(14)15(24)10-27-2)20-18(26)16-12-6-4-5-7-13(12)21-22-16/h4-7,11,14H,3,8-10H2,1-2H3,(H,19,25)(H,20,26)(H,21,22)/t11-,14+/m1/s1. The van der Waals surface area contributed by atoms with Gasteiger partial charge in [0.2, 0.25) is 11.8 Å². The lowest BCUT2D eigenvalue weighted by molar-refractivity contribution is -0.141. The van der Waals surface area contributed by atoms with Gasteiger partial charge in [-0.25, -0.2) is 0 Å². The van der Waals surface area contributed by atoms with Crippen LogP contribution in [-0.4, -0.2) is 71.7 Å². The van der Waals surface area contributed by atoms with Crippen LogP contribution >= 0.6 is 0 Å². The van der Waals surface area contributed by atoms with Crippen molar-refractivity contribution < 1.29 is 19.1 Å². The number of H-pyrrole nitrogens is 1. The Morgan fingerprint density at radius 3 is 2.85 bits per heavy atom. The first-order valence-corrected chi connectivity index (χ1v) is 8.85. The maximum Gasteiger partial charge on any atom is 0.272 e. The number of hydrogen-bond acceptors (Lipinski definition) is 5. The second-order valence-corrected chi connectivity index (χ2v) is 6.41. The first-order chi connectivity index (χ1) is 13.0. The Balaban J connectivity index is 1.73. The summed E-state index contributed by atoms with van der Waals surface area (Å²) < 4.78 is 4.90. The van der Waals surface area contributed by atoms with Gasteiger partial charge in [-0.2, -0.15) is 5.10 Å². The number of likely N-dealkylation sites (N-methyl/N-ethyl adjacent to an activating group) is 1. The zero-order valence-corrected chi connectivity index (χ0v) is 15.3. The molecule has 1 aromatic carbocycles. The number of carbonyl (C=O) groups excluding carboxylic acids is 3. The van der Waals surface area contributed by atoms with Crippen LogP contribution in [-0.2, 0) is 14.3 Å². The third-order valence-corrected chi connectivity index (χ3v) is 4.56. The number of para-hydroxylation sites is 1. The minimum atomic E-state index is -0.631. The van der Waals surface area contributed by atoms with E-state index in [4.69, 9.17) is 4.74 Å². The van der Waals surface area contributed by atoms with Gasteiger partial charge in [-0.1, -0.05) is 18.2 Å². The third-order valence-electron chi connectivity index (χ3n) is 4.56. The van der Waals surface area contributed by atoms with Crippen LogP contribution in [0.1, 0.15) is 23.8 Å². The molecule has 0 radical (unpaired) electrons. The van der Waals surface area contributed by atoms with Gasteiger partial charge in [-0.15, -0.1) is 0 Å². The molecule has 3 rings (SSSR count). The van der Waals surface area contributed by atoms with Gasteiger partial charge in [0.15, 0.2) is 5.69 Å². The molecule has 3 amide bonds. The monoisotopic (exact) mass is 373 g/mol. The maximum absolute atomic E-state index is 12.7. The lowest BCUT2D eigenvalue weighted by atomic mass is 10.1. The number of amides is 3. The summed E-state index contributed by atoms with van der Waals surface area (Å²) in [4.78, 5) is 38.7. The zero-order valence-electron chi connectivity index (χ0n) is 15.3. The summed E-state index contributed by atoms with van der Waals surface area (Å²) in [5.74, 6) is -0.854. The van der Waals surface area contributed by atoms with Gasteiger partial charge in [-0.3, -0.25) is 19.5 Å². The van der Waals surface area contributed by atoms with Gasteiger partial charge in [-0.05, 0) is 19.4 Å². The third kappa shape index (κ3) is 3.92. The summed E-state index contributed by atoms with van der Waals surface area (Å²) in [5, 5.41) is 13.3. The molecule has 1 fully saturated rings. The van der Waals surface area contributed by atoms with E-state index in [1.807, 2.05) is 31.2 Å². The zero-order chi connectivity index (χ0) is 19.4. The van der Waals surface area contributed by atoms with Crippen molar-refractivity contribution in [1.82, 2.24) is 25.7 Å². The predicted octanol–water partition coefficient (Wildman–Crippen LogP) is 0.0447. The molecule has 1 saturated heterocycles. The number of ether oxygens (including phenoxy) is 1. The van der Waals surface area contributed by atoms with Crippen LogP contribution in [0.4, 0.5) is 0 Å². The number of aromatic amines is 1. The van der Waals surface area contributed by atoms with Crippen molar-refractivity contribution in [2.45, 2.75) is 25.4 Å². The quantitative estimate of drug-likeness (QED) is 0.661. The second kappa shape index (κ2) is 8.17. The molecule has 0 saturated carbocycles. The number of hydrogen-bond donors (Lipinski definition) is 3. The molecule has 1 aliphatic rings. The van der Waals surface area contributed by atoms with Gasteiger partial charge in [0.25, 0.3) is 5.91 Å². The largest absolute Gasteiger partial charge is 0.375 e. The van der Waals surface area contributed by atoms with E-state index >= 15 is 0 Å². The number of likely N-dealkylation sites (tertiary alicyclic amines) is 1. The number of rotatable bonds is 6. The molecular formula is C18H23N5O4. The average Bonchev–Trinajstić information content (AvgIpc) is 3.26. The second-order valence-electron chi connectivity index (χ2n) is 6.41. The first kappa shape index (κ1) is 18.8. The molecule has 2 aromatic rings. The Morgan fingerprint density at radius 2 is 2.11 bits per heavy atom. The van der Waals surface area contributed by atoms with Crippen molar-refractivity contribution in [1.29, 1.82) is 0 Å². The number of nitrogens with zero attached hydrogens (tertiary/aromatic N) is 2. The van der Waals surface area contributed by atoms with E-state index in [0.29, 0.717) is 18.7 Å². The molecule has 1 aromatic heterocycles. The Labute approximate surface area is 156 Å². The molecule has 27 heavy (non-hydrogen) atoms. The summed E-state index contributed by atoms with van der Waals surface area (Å²) in [6.45, 7) is 2.42. The number of fused-ring (bicyclic) bond motifs is 1. The Morgan fingerprint density at radius 1 is 1.33 bits per heavy atom. The average molecular weight is 373 g/mol. The van der Waals surface area contributed by atoms with Crippen molar-refractivity contribution in [3.05, 3.63) is 30.0 Å². The minimum Gasteiger partial charge on any atom is -0.375 e. The van der Waals surface area contributed by atoms with E-state index in [1.165, 1.54) is 12.0 Å². The fraction of sp³-hybridized carbons (Fsp3) is 0.444. The maximum atomic E-state index is 12.7. The van der Waals surface area contributed by atoms with Crippen molar-refractivity contribution in [3.8, 4) is 0 Å². The van der Waals surface area contributed by atoms with Crippen LogP contribution in [0.2, 0.25) is 0 Å². The molecule has 2 atom stereocenters. The summed E-state index contributed by atoms with van der Waals surface area (Å²) in [5.41, 5.74) is 1.06. The van der Waals surface area contributed by atoms with E-state index in [-0.39, 0.29) is 36.9 Å². The van der Waals surface area contributed by atoms with Gasteiger partial charge in [0, 0.05) is 31.6 Å². The highest BCUT2D eigenvalue weighted by Crippen LogP contribution is 2.20. The van der Waals surface area contributed by atoms with Gasteiger partial charge >= 0.3 is 0 Å². The van der Waals surface area contributed by atoms with E-state index in [1.54, 1.807) is 0 Å². The predicted molar refractivity (Wildman–Crippen MR) is 98.0 cm³/mol. The topological polar surface area (TPSA) is 116 Å². The van der Waals surface area contributed by atoms with E-state index < -0.39 is 6.04 Å². The fourth-order valence-electron chi connectivity index (χ4n) is 3.35. The van der Waals surface area contributed by atoms with E-state index in [0.717, 1.165) is 10.9 Å². The lowest BCUT2D eigenvalue weighted by Gasteiger charge is -2.23. The van der Waals surface area contributed by atoms with Crippen LogP contribution in [0, 0.1) is 0 Å². The molecule has 9 nitrogen and oxygen atoms in total. The Hall–Kier alpha value is -2.94. The van der Waals surface area contributed by atoms with Gasteiger partial charge in [0.05, 0.1) is 5.52 Å². The first-order valence-electron chi connectivity index (χ1n) is 8.85. The highest BCUT2D eigenvalue weighted by Gasteiger charge is 2.40. The lowest BCUT2D eigenvalue weighted by Crippen LogP contribution is -2.47. The smallest absolute Gasteiger partial charge is 0.272 e. The molecular weight excluding hydrogens is 350 g/mol. The summed E-state index contributed by atoms with van der Waals surface area (Å²) >= 11 is 0. The molecule has 0 aliphatic carbocycles. The normalized spacial score (nSPS) is 19.3. The summed E-state index contributed by atoms with van der Waals surface area (Å²) in [6, 6.07) is 6.37. The molecule has 0 unspecified atom stereocenters. The highest BCUT2D eigenvalue weighted by atomic mass is 16.5. The Kier molecular flexibility index (Phi) is 5.70. The van der Waals surface area contributed by atoms with Crippen LogP contribution in [0.5, 0.6) is 0 Å². The number of methoxy groups -OCH3 is 1. The van der Waals surface area contributed by atoms with Gasteiger partial charge in [0.1, 0.15) is 12.6 Å². The Bertz CT molecular complexity index is 823. The molecule has 9 heteroatoms. The molecule has 3 N–H and O–H groups in total. The summed E-state index contributed by atoms with van der Waals surface area (Å²) in [6.07, 6.45) is 0.343. The molecule has 144 valence electrons. The van der Waals surface area contributed by atoms with Crippen LogP contribution < -0.4 is 10.6 Å². The molecule has 0 bridgehead atoms. The van der Waals surface area contributed by atoms with E-state index in [2.05, 4.69) is 20.8 Å². The minimum absolute atomic E-state index is 0.111. The van der Waals surface area contributed by atoms with Crippen molar-refractivity contribution >= 4 is 28.6 Å². The number of aromatic nitrogens is 2. The molecule has 0 spiro atoms. The van der Waals surface area contributed by atoms with Crippen LogP contribution in [0.15, 0.2) is 24.3 Å². The fourth-order valence-corrected chi connectivity index (χ4v) is 3.35. The van der Waals surface area contributed by atoms with Crippen LogP contribution in [0.25, 0.3) is 10.9 Å². The number of benzene rings is 1. The highest BCUT2D eigenvalue weighted by molar-refractivity contribution is 6.04.